The van der Waals surface area contributed by atoms with Crippen LogP contribution in [0.15, 0.2) is 23.1 Å². The van der Waals surface area contributed by atoms with Gasteiger partial charge in [0.2, 0.25) is 10.0 Å². The molecule has 0 aliphatic heterocycles. The lowest BCUT2D eigenvalue weighted by Gasteiger charge is -2.04. The summed E-state index contributed by atoms with van der Waals surface area (Å²) in [6, 6.07) is 4.03. The summed E-state index contributed by atoms with van der Waals surface area (Å²) in [5.41, 5.74) is 0.204. The highest BCUT2D eigenvalue weighted by atomic mass is 35.5. The van der Waals surface area contributed by atoms with Crippen molar-refractivity contribution < 1.29 is 13.5 Å². The Morgan fingerprint density at radius 1 is 1.46 bits per heavy atom. The van der Waals surface area contributed by atoms with Gasteiger partial charge in [-0.2, -0.15) is 0 Å². The quantitative estimate of drug-likeness (QED) is 0.762. The third-order valence-electron chi connectivity index (χ3n) is 1.50. The van der Waals surface area contributed by atoms with E-state index in [1.54, 1.807) is 0 Å². The number of nitrogens with two attached hydrogens (primary N) is 1. The number of primary sulfonamides is 1. The maximum absolute atomic E-state index is 10.9. The second kappa shape index (κ2) is 3.63. The Morgan fingerprint density at radius 2 is 2.08 bits per heavy atom. The van der Waals surface area contributed by atoms with E-state index in [4.69, 9.17) is 21.8 Å². The van der Waals surface area contributed by atoms with Crippen molar-refractivity contribution in [2.75, 3.05) is 0 Å². The Kier molecular flexibility index (Phi) is 2.92. The zero-order chi connectivity index (χ0) is 10.1. The van der Waals surface area contributed by atoms with Gasteiger partial charge in [-0.3, -0.25) is 0 Å². The molecule has 0 radical (unpaired) electrons. The van der Waals surface area contributed by atoms with Gasteiger partial charge in [0.15, 0.2) is 0 Å². The molecule has 1 aromatic rings. The summed E-state index contributed by atoms with van der Waals surface area (Å²) in [4.78, 5) is -0.0978. The zero-order valence-corrected chi connectivity index (χ0v) is 8.14. The van der Waals surface area contributed by atoms with Gasteiger partial charge in [0.25, 0.3) is 0 Å². The maximum atomic E-state index is 10.9. The van der Waals surface area contributed by atoms with Gasteiger partial charge in [-0.25, -0.2) is 13.6 Å². The van der Waals surface area contributed by atoms with E-state index < -0.39 is 16.6 Å². The highest BCUT2D eigenvalue weighted by molar-refractivity contribution is 7.89. The van der Waals surface area contributed by atoms with Crippen molar-refractivity contribution >= 4 is 21.6 Å². The first-order valence-electron chi connectivity index (χ1n) is 3.37. The molecule has 0 saturated carbocycles. The first kappa shape index (κ1) is 10.5. The summed E-state index contributed by atoms with van der Waals surface area (Å²) in [5, 5.41) is 14.1. The predicted octanol–water partition coefficient (Wildman–Crippen LogP) is 0.480. The Bertz CT molecular complexity index is 416. The van der Waals surface area contributed by atoms with E-state index in [1.165, 1.54) is 18.2 Å². The summed E-state index contributed by atoms with van der Waals surface area (Å²) in [6.45, 7) is -0.410. The molecular weight excluding hydrogens is 214 g/mol. The van der Waals surface area contributed by atoms with Crippen LogP contribution in [-0.4, -0.2) is 13.5 Å². The molecule has 0 fully saturated rings. The smallest absolute Gasteiger partial charge is 0.238 e. The van der Waals surface area contributed by atoms with Crippen molar-refractivity contribution in [3.63, 3.8) is 0 Å². The minimum absolute atomic E-state index is 0.0978. The molecule has 0 heterocycles. The summed E-state index contributed by atoms with van der Waals surface area (Å²) < 4.78 is 21.9. The van der Waals surface area contributed by atoms with Crippen molar-refractivity contribution in [3.05, 3.63) is 28.8 Å². The molecule has 0 saturated heterocycles. The van der Waals surface area contributed by atoms with Gasteiger partial charge in [0.05, 0.1) is 11.5 Å². The van der Waals surface area contributed by atoms with E-state index in [0.29, 0.717) is 5.02 Å². The highest BCUT2D eigenvalue weighted by Crippen LogP contribution is 2.19. The van der Waals surface area contributed by atoms with Crippen LogP contribution in [-0.2, 0) is 16.6 Å². The number of rotatable bonds is 2. The molecule has 1 aromatic carbocycles. The monoisotopic (exact) mass is 221 g/mol. The van der Waals surface area contributed by atoms with Crippen LogP contribution < -0.4 is 5.14 Å². The fourth-order valence-corrected chi connectivity index (χ4v) is 1.89. The van der Waals surface area contributed by atoms with Gasteiger partial charge in [-0.05, 0) is 23.8 Å². The van der Waals surface area contributed by atoms with Crippen LogP contribution in [0.3, 0.4) is 0 Å². The number of aliphatic hydroxyl groups excluding tert-OH is 1. The van der Waals surface area contributed by atoms with Crippen molar-refractivity contribution in [2.24, 2.45) is 5.14 Å². The summed E-state index contributed by atoms with van der Waals surface area (Å²) in [6.07, 6.45) is 0. The topological polar surface area (TPSA) is 80.4 Å². The van der Waals surface area contributed by atoms with Gasteiger partial charge in [-0.15, -0.1) is 0 Å². The van der Waals surface area contributed by atoms with Crippen LogP contribution in [0.2, 0.25) is 5.02 Å². The lowest BCUT2D eigenvalue weighted by Crippen LogP contribution is -2.14. The number of hydrogen-bond donors (Lipinski definition) is 2. The minimum Gasteiger partial charge on any atom is -0.392 e. The molecule has 0 atom stereocenters. The number of benzene rings is 1. The number of aliphatic hydroxyl groups is 1. The Labute approximate surface area is 81.0 Å². The summed E-state index contributed by atoms with van der Waals surface area (Å²) >= 11 is 5.60. The molecule has 0 aliphatic rings. The van der Waals surface area contributed by atoms with E-state index in [2.05, 4.69) is 0 Å². The van der Waals surface area contributed by atoms with Crippen molar-refractivity contribution in [1.82, 2.24) is 0 Å². The molecular formula is C7H8ClNO3S. The van der Waals surface area contributed by atoms with Crippen LogP contribution in [0.4, 0.5) is 0 Å². The first-order chi connectivity index (χ1) is 5.95. The molecule has 13 heavy (non-hydrogen) atoms. The van der Waals surface area contributed by atoms with Gasteiger partial charge < -0.3 is 5.11 Å². The molecule has 0 bridgehead atoms. The zero-order valence-electron chi connectivity index (χ0n) is 6.57. The second-order valence-corrected chi connectivity index (χ2v) is 4.42. The lowest BCUT2D eigenvalue weighted by atomic mass is 10.2. The summed E-state index contributed by atoms with van der Waals surface area (Å²) in [7, 11) is -3.78. The number of sulfonamides is 1. The molecule has 0 aromatic heterocycles. The standard InChI is InChI=1S/C7H8ClNO3S/c8-6-1-2-7(13(9,11)12)5(3-6)4-10/h1-3,10H,4H2,(H2,9,11,12). The Hall–Kier alpha value is -0.620. The lowest BCUT2D eigenvalue weighted by molar-refractivity contribution is 0.278. The van der Waals surface area contributed by atoms with Crippen LogP contribution in [0, 0.1) is 0 Å². The third-order valence-corrected chi connectivity index (χ3v) is 2.75. The number of hydrogen-bond acceptors (Lipinski definition) is 3. The normalized spacial score (nSPS) is 11.6. The van der Waals surface area contributed by atoms with Gasteiger partial charge in [0.1, 0.15) is 0 Å². The fraction of sp³-hybridized carbons (Fsp3) is 0.143. The fourth-order valence-electron chi connectivity index (χ4n) is 0.949. The molecule has 0 spiro atoms. The minimum atomic E-state index is -3.78. The van der Waals surface area contributed by atoms with Crippen LogP contribution in [0.5, 0.6) is 0 Å². The second-order valence-electron chi connectivity index (χ2n) is 2.46. The maximum Gasteiger partial charge on any atom is 0.238 e. The average molecular weight is 222 g/mol. The van der Waals surface area contributed by atoms with Gasteiger partial charge in [0, 0.05) is 5.02 Å². The van der Waals surface area contributed by atoms with E-state index in [9.17, 15) is 8.42 Å². The Morgan fingerprint density at radius 3 is 2.54 bits per heavy atom. The van der Waals surface area contributed by atoms with Crippen LogP contribution in [0.1, 0.15) is 5.56 Å². The van der Waals surface area contributed by atoms with Crippen molar-refractivity contribution in [3.8, 4) is 0 Å². The van der Waals surface area contributed by atoms with Gasteiger partial charge >= 0.3 is 0 Å². The molecule has 3 N–H and O–H groups in total. The molecule has 4 nitrogen and oxygen atoms in total. The van der Waals surface area contributed by atoms with E-state index in [-0.39, 0.29) is 10.5 Å². The van der Waals surface area contributed by atoms with Crippen molar-refractivity contribution in [2.45, 2.75) is 11.5 Å². The molecule has 0 unspecified atom stereocenters. The summed E-state index contributed by atoms with van der Waals surface area (Å²) in [5.74, 6) is 0. The Balaban J connectivity index is 3.39. The third kappa shape index (κ3) is 2.41. The molecule has 6 heteroatoms. The van der Waals surface area contributed by atoms with E-state index >= 15 is 0 Å². The largest absolute Gasteiger partial charge is 0.392 e. The van der Waals surface area contributed by atoms with Crippen molar-refractivity contribution in [1.29, 1.82) is 0 Å². The SMILES string of the molecule is NS(=O)(=O)c1ccc(Cl)cc1CO. The van der Waals surface area contributed by atoms with E-state index in [0.717, 1.165) is 0 Å². The van der Waals surface area contributed by atoms with E-state index in [1.807, 2.05) is 0 Å². The van der Waals surface area contributed by atoms with Crippen LogP contribution >= 0.6 is 11.6 Å². The predicted molar refractivity (Wildman–Crippen MR) is 48.7 cm³/mol. The van der Waals surface area contributed by atoms with Gasteiger partial charge in [-0.1, -0.05) is 11.6 Å². The molecule has 0 amide bonds. The average Bonchev–Trinajstić information content (AvgIpc) is 2.01. The highest BCUT2D eigenvalue weighted by Gasteiger charge is 2.12. The number of halogens is 1. The van der Waals surface area contributed by atoms with Crippen LogP contribution in [0.25, 0.3) is 0 Å². The molecule has 72 valence electrons. The molecule has 0 aliphatic carbocycles. The molecule has 1 rings (SSSR count). The first-order valence-corrected chi connectivity index (χ1v) is 5.29.